The van der Waals surface area contributed by atoms with Crippen molar-refractivity contribution < 1.29 is 5.11 Å². The van der Waals surface area contributed by atoms with Gasteiger partial charge in [-0.15, -0.1) is 0 Å². The molecule has 0 aliphatic rings. The lowest BCUT2D eigenvalue weighted by Crippen LogP contribution is -2.26. The van der Waals surface area contributed by atoms with E-state index in [2.05, 4.69) is 49.9 Å². The van der Waals surface area contributed by atoms with Gasteiger partial charge in [-0.2, -0.15) is 0 Å². The molecule has 0 radical (unpaired) electrons. The van der Waals surface area contributed by atoms with E-state index in [0.29, 0.717) is 5.75 Å². The first-order valence-electron chi connectivity index (χ1n) is 9.92. The van der Waals surface area contributed by atoms with Crippen molar-refractivity contribution >= 4 is 16.5 Å². The predicted octanol–water partition coefficient (Wildman–Crippen LogP) is 6.16. The molecule has 1 N–H and O–H groups in total. The summed E-state index contributed by atoms with van der Waals surface area (Å²) in [5.74, 6) is 0.309. The molecule has 0 atom stereocenters. The van der Waals surface area contributed by atoms with Crippen LogP contribution in [0.5, 0.6) is 5.75 Å². The van der Waals surface area contributed by atoms with Crippen molar-refractivity contribution in [1.82, 2.24) is 4.98 Å². The first-order valence-corrected chi connectivity index (χ1v) is 9.92. The lowest BCUT2D eigenvalue weighted by atomic mass is 9.94. The molecule has 27 heavy (non-hydrogen) atoms. The monoisotopic (exact) mass is 362 g/mol. The van der Waals surface area contributed by atoms with Crippen LogP contribution in [0.2, 0.25) is 0 Å². The molecule has 1 aromatic heterocycles. The van der Waals surface area contributed by atoms with Crippen LogP contribution in [0.1, 0.15) is 43.5 Å². The molecule has 1 heterocycles. The highest BCUT2D eigenvalue weighted by atomic mass is 16.3. The normalized spacial score (nSPS) is 11.1. The number of pyridine rings is 1. The van der Waals surface area contributed by atoms with Gasteiger partial charge in [0.2, 0.25) is 0 Å². The molecule has 0 bridgehead atoms. The van der Waals surface area contributed by atoms with E-state index in [1.54, 1.807) is 0 Å². The Kier molecular flexibility index (Phi) is 5.69. The molecule has 3 nitrogen and oxygen atoms in total. The van der Waals surface area contributed by atoms with E-state index in [0.717, 1.165) is 54.0 Å². The van der Waals surface area contributed by atoms with Crippen molar-refractivity contribution in [2.75, 3.05) is 18.0 Å². The summed E-state index contributed by atoms with van der Waals surface area (Å²) in [5, 5.41) is 12.4. The van der Waals surface area contributed by atoms with Crippen LogP contribution in [-0.2, 0) is 0 Å². The Morgan fingerprint density at radius 2 is 1.44 bits per heavy atom. The fourth-order valence-electron chi connectivity index (χ4n) is 4.15. The summed E-state index contributed by atoms with van der Waals surface area (Å²) in [4.78, 5) is 7.56. The minimum absolute atomic E-state index is 0.309. The van der Waals surface area contributed by atoms with Gasteiger partial charge >= 0.3 is 0 Å². The molecule has 0 aliphatic heterocycles. The van der Waals surface area contributed by atoms with Gasteiger partial charge in [-0.1, -0.05) is 38.1 Å². The van der Waals surface area contributed by atoms with Crippen molar-refractivity contribution in [3.8, 4) is 17.0 Å². The van der Waals surface area contributed by atoms with Gasteiger partial charge < -0.3 is 10.0 Å². The fraction of sp³-hybridized carbons (Fsp3) is 0.375. The number of anilines is 1. The Balaban J connectivity index is 2.32. The third-order valence-electron chi connectivity index (χ3n) is 5.12. The number of hydrogen-bond donors (Lipinski definition) is 1. The lowest BCUT2D eigenvalue weighted by Gasteiger charge is -2.28. The number of phenols is 1. The third kappa shape index (κ3) is 3.64. The first kappa shape index (κ1) is 19.2. The van der Waals surface area contributed by atoms with Gasteiger partial charge in [0.25, 0.3) is 0 Å². The van der Waals surface area contributed by atoms with Gasteiger partial charge in [0.15, 0.2) is 0 Å². The number of hydrogen-bond acceptors (Lipinski definition) is 3. The number of fused-ring (bicyclic) bond motifs is 1. The maximum absolute atomic E-state index is 9.94. The van der Waals surface area contributed by atoms with E-state index in [9.17, 15) is 5.11 Å². The van der Waals surface area contributed by atoms with E-state index in [1.807, 2.05) is 26.0 Å². The van der Waals surface area contributed by atoms with Gasteiger partial charge in [0.1, 0.15) is 5.75 Å². The first-order chi connectivity index (χ1) is 13.0. The van der Waals surface area contributed by atoms with Crippen molar-refractivity contribution in [3.63, 3.8) is 0 Å². The Morgan fingerprint density at radius 1 is 0.889 bits per heavy atom. The Hall–Kier alpha value is -2.55. The van der Waals surface area contributed by atoms with E-state index in [1.165, 1.54) is 16.5 Å². The molecule has 3 rings (SSSR count). The number of aromatic nitrogens is 1. The summed E-state index contributed by atoms with van der Waals surface area (Å²) in [5.41, 5.74) is 6.56. The molecule has 142 valence electrons. The van der Waals surface area contributed by atoms with Crippen LogP contribution in [0.25, 0.3) is 22.0 Å². The van der Waals surface area contributed by atoms with Gasteiger partial charge in [0, 0.05) is 29.4 Å². The number of aromatic hydroxyl groups is 1. The highest BCUT2D eigenvalue weighted by Crippen LogP contribution is 2.39. The maximum Gasteiger partial charge on any atom is 0.116 e. The highest BCUT2D eigenvalue weighted by Gasteiger charge is 2.19. The van der Waals surface area contributed by atoms with Crippen LogP contribution < -0.4 is 4.90 Å². The zero-order chi connectivity index (χ0) is 19.6. The van der Waals surface area contributed by atoms with E-state index < -0.39 is 0 Å². The molecule has 0 spiro atoms. The predicted molar refractivity (Wildman–Crippen MR) is 116 cm³/mol. The maximum atomic E-state index is 9.94. The summed E-state index contributed by atoms with van der Waals surface area (Å²) in [6.45, 7) is 12.7. The largest absolute Gasteiger partial charge is 0.508 e. The second-order valence-corrected chi connectivity index (χ2v) is 7.38. The average Bonchev–Trinajstić information content (AvgIpc) is 2.61. The smallest absolute Gasteiger partial charge is 0.116 e. The Morgan fingerprint density at radius 3 is 2.00 bits per heavy atom. The molecule has 0 aliphatic carbocycles. The van der Waals surface area contributed by atoms with Crippen molar-refractivity contribution in [3.05, 3.63) is 53.2 Å². The van der Waals surface area contributed by atoms with Crippen LogP contribution in [0, 0.1) is 20.8 Å². The zero-order valence-electron chi connectivity index (χ0n) is 17.1. The third-order valence-corrected chi connectivity index (χ3v) is 5.12. The summed E-state index contributed by atoms with van der Waals surface area (Å²) in [6.07, 6.45) is 2.23. The van der Waals surface area contributed by atoms with Gasteiger partial charge in [0.05, 0.1) is 17.1 Å². The highest BCUT2D eigenvalue weighted by molar-refractivity contribution is 6.03. The number of aryl methyl sites for hydroxylation is 3. The summed E-state index contributed by atoms with van der Waals surface area (Å²) >= 11 is 0. The molecule has 2 aromatic carbocycles. The van der Waals surface area contributed by atoms with Crippen LogP contribution in [-0.4, -0.2) is 23.2 Å². The summed E-state index contributed by atoms with van der Waals surface area (Å²) in [6, 6.07) is 12.2. The van der Waals surface area contributed by atoms with Crippen molar-refractivity contribution in [2.24, 2.45) is 0 Å². The second-order valence-electron chi connectivity index (χ2n) is 7.38. The number of phenolic OH excluding ortho intramolecular Hbond substituents is 1. The minimum atomic E-state index is 0.309. The number of nitrogens with zero attached hydrogens (tertiary/aromatic N) is 2. The summed E-state index contributed by atoms with van der Waals surface area (Å²) < 4.78 is 0. The molecule has 0 unspecified atom stereocenters. The quantitative estimate of drug-likeness (QED) is 0.570. The van der Waals surface area contributed by atoms with Crippen molar-refractivity contribution in [1.29, 1.82) is 0 Å². The van der Waals surface area contributed by atoms with E-state index in [4.69, 9.17) is 4.98 Å². The van der Waals surface area contributed by atoms with E-state index in [-0.39, 0.29) is 0 Å². The molecule has 0 saturated heterocycles. The SMILES string of the molecule is CCCN(CCC)c1c(C)nc(-c2c(C)cc(O)cc2C)c2ccccc12. The average molecular weight is 363 g/mol. The molecule has 0 saturated carbocycles. The molecule has 0 fully saturated rings. The molecule has 3 aromatic rings. The van der Waals surface area contributed by atoms with Gasteiger partial charge in [-0.3, -0.25) is 4.98 Å². The van der Waals surface area contributed by atoms with Gasteiger partial charge in [-0.05, 0) is 56.9 Å². The van der Waals surface area contributed by atoms with Crippen LogP contribution in [0.15, 0.2) is 36.4 Å². The van der Waals surface area contributed by atoms with Crippen LogP contribution in [0.4, 0.5) is 5.69 Å². The Bertz CT molecular complexity index is 933. The molecular weight excluding hydrogens is 332 g/mol. The zero-order valence-corrected chi connectivity index (χ0v) is 17.1. The molecule has 0 amide bonds. The minimum Gasteiger partial charge on any atom is -0.508 e. The van der Waals surface area contributed by atoms with E-state index >= 15 is 0 Å². The molecule has 3 heteroatoms. The molecular formula is C24H30N2O. The number of rotatable bonds is 6. The standard InChI is InChI=1S/C24H30N2O/c1-6-12-26(13-7-2)24-18(5)25-23(20-10-8-9-11-21(20)24)22-16(3)14-19(27)15-17(22)4/h8-11,14-15,27H,6-7,12-13H2,1-5H3. The number of benzene rings is 2. The Labute approximate surface area is 162 Å². The second kappa shape index (κ2) is 7.99. The van der Waals surface area contributed by atoms with Crippen LogP contribution >= 0.6 is 0 Å². The fourth-order valence-corrected chi connectivity index (χ4v) is 4.15. The van der Waals surface area contributed by atoms with Crippen molar-refractivity contribution in [2.45, 2.75) is 47.5 Å². The van der Waals surface area contributed by atoms with Crippen LogP contribution in [0.3, 0.4) is 0 Å². The summed E-state index contributed by atoms with van der Waals surface area (Å²) in [7, 11) is 0. The van der Waals surface area contributed by atoms with Gasteiger partial charge in [-0.25, -0.2) is 0 Å². The lowest BCUT2D eigenvalue weighted by molar-refractivity contribution is 0.474. The topological polar surface area (TPSA) is 36.4 Å².